The predicted octanol–water partition coefficient (Wildman–Crippen LogP) is 3.72. The van der Waals surface area contributed by atoms with Gasteiger partial charge in [0.2, 0.25) is 0 Å². The van der Waals surface area contributed by atoms with Crippen molar-refractivity contribution in [2.75, 3.05) is 16.4 Å². The molecule has 142 valence electrons. The third-order valence-corrected chi connectivity index (χ3v) is 7.76. The zero-order chi connectivity index (χ0) is 19.2. The fourth-order valence-corrected chi connectivity index (χ4v) is 6.60. The van der Waals surface area contributed by atoms with Crippen LogP contribution in [0.4, 0.5) is 10.1 Å². The molecule has 2 atom stereocenters. The van der Waals surface area contributed by atoms with E-state index in [0.29, 0.717) is 11.3 Å². The lowest BCUT2D eigenvalue weighted by Crippen LogP contribution is -2.39. The maximum Gasteiger partial charge on any atom is 0.164 e. The molecule has 1 saturated heterocycles. The number of amidine groups is 1. The van der Waals surface area contributed by atoms with Gasteiger partial charge in [-0.1, -0.05) is 42.1 Å². The molecule has 2 aliphatic heterocycles. The molecule has 27 heavy (non-hydrogen) atoms. The highest BCUT2D eigenvalue weighted by Gasteiger charge is 2.47. The van der Waals surface area contributed by atoms with E-state index in [2.05, 4.69) is 11.0 Å². The van der Waals surface area contributed by atoms with E-state index in [0.717, 1.165) is 22.0 Å². The molecule has 0 spiro atoms. The molecule has 0 bridgehead atoms. The molecule has 2 aromatic carbocycles. The number of rotatable bonds is 3. The zero-order valence-corrected chi connectivity index (χ0v) is 16.9. The lowest BCUT2D eigenvalue weighted by molar-refractivity contribution is 0.601. The van der Waals surface area contributed by atoms with Crippen molar-refractivity contribution in [3.63, 3.8) is 0 Å². The van der Waals surface area contributed by atoms with Crippen LogP contribution in [0.15, 0.2) is 47.5 Å². The Morgan fingerprint density at radius 1 is 1.19 bits per heavy atom. The quantitative estimate of drug-likeness (QED) is 0.782. The first-order valence-electron chi connectivity index (χ1n) is 8.85. The van der Waals surface area contributed by atoms with Crippen LogP contribution in [-0.2, 0) is 15.6 Å². The van der Waals surface area contributed by atoms with Gasteiger partial charge in [0.05, 0.1) is 23.6 Å². The summed E-state index contributed by atoms with van der Waals surface area (Å²) in [7, 11) is -3.08. The number of hydrogen-bond acceptors (Lipinski definition) is 5. The molecular formula is C20H21FN2O2S2. The smallest absolute Gasteiger partial charge is 0.164 e. The molecule has 2 aliphatic rings. The van der Waals surface area contributed by atoms with E-state index in [4.69, 9.17) is 4.99 Å². The van der Waals surface area contributed by atoms with Crippen LogP contribution in [0, 0.1) is 19.7 Å². The Balaban J connectivity index is 1.68. The van der Waals surface area contributed by atoms with Crippen molar-refractivity contribution in [2.24, 2.45) is 4.99 Å². The van der Waals surface area contributed by atoms with Gasteiger partial charge in [-0.25, -0.2) is 12.8 Å². The highest BCUT2D eigenvalue weighted by molar-refractivity contribution is 8.13. The second-order valence-electron chi connectivity index (χ2n) is 7.16. The maximum absolute atomic E-state index is 14.0. The molecule has 0 saturated carbocycles. The van der Waals surface area contributed by atoms with E-state index < -0.39 is 9.84 Å². The minimum Gasteiger partial charge on any atom is -0.315 e. The van der Waals surface area contributed by atoms with Gasteiger partial charge in [0, 0.05) is 11.4 Å². The molecule has 0 amide bonds. The van der Waals surface area contributed by atoms with E-state index in [9.17, 15) is 12.8 Å². The third kappa shape index (κ3) is 3.62. The standard InChI is InChI=1S/C20H21FN2O2S2/c1-13-7-8-14(2)18(9-13)23-19-12-27(24,25)11-17(19)22-20(23)26-10-15-5-3-4-6-16(15)21/h3-9,17,19H,10-12H2,1-2H3/t17-,19-/m0/s1. The Morgan fingerprint density at radius 3 is 2.74 bits per heavy atom. The number of thioether (sulfide) groups is 1. The average molecular weight is 405 g/mol. The van der Waals surface area contributed by atoms with Crippen LogP contribution in [0.3, 0.4) is 0 Å². The van der Waals surface area contributed by atoms with Crippen molar-refractivity contribution in [1.82, 2.24) is 0 Å². The summed E-state index contributed by atoms with van der Waals surface area (Å²) in [4.78, 5) is 6.78. The number of anilines is 1. The Kier molecular flexibility index (Phi) is 4.76. The molecule has 0 aromatic heterocycles. The lowest BCUT2D eigenvalue weighted by atomic mass is 10.1. The van der Waals surface area contributed by atoms with Crippen molar-refractivity contribution >= 4 is 32.5 Å². The Hall–Kier alpha value is -1.86. The summed E-state index contributed by atoms with van der Waals surface area (Å²) in [5, 5.41) is 0.775. The van der Waals surface area contributed by atoms with Crippen molar-refractivity contribution in [3.8, 4) is 0 Å². The lowest BCUT2D eigenvalue weighted by Gasteiger charge is -2.28. The van der Waals surface area contributed by atoms with E-state index in [1.807, 2.05) is 32.0 Å². The number of aliphatic imine (C=N–C) groups is 1. The molecule has 7 heteroatoms. The SMILES string of the molecule is Cc1ccc(C)c(N2C(SCc3ccccc3F)=N[C@H]3CS(=O)(=O)C[C@@H]32)c1. The first-order chi connectivity index (χ1) is 12.8. The van der Waals surface area contributed by atoms with Gasteiger partial charge in [-0.05, 0) is 42.7 Å². The average Bonchev–Trinajstić information content (AvgIpc) is 3.07. The fraction of sp³-hybridized carbons (Fsp3) is 0.350. The van der Waals surface area contributed by atoms with Crippen LogP contribution in [0.25, 0.3) is 0 Å². The number of aryl methyl sites for hydroxylation is 2. The summed E-state index contributed by atoms with van der Waals surface area (Å²) in [6.45, 7) is 4.04. The van der Waals surface area contributed by atoms with E-state index in [-0.39, 0.29) is 29.4 Å². The fourth-order valence-electron chi connectivity index (χ4n) is 3.65. The molecule has 0 N–H and O–H groups in total. The largest absolute Gasteiger partial charge is 0.315 e. The van der Waals surface area contributed by atoms with Gasteiger partial charge in [0.15, 0.2) is 15.0 Å². The number of halogens is 1. The molecule has 4 nitrogen and oxygen atoms in total. The molecule has 2 heterocycles. The molecule has 0 unspecified atom stereocenters. The van der Waals surface area contributed by atoms with Crippen LogP contribution < -0.4 is 4.90 Å². The van der Waals surface area contributed by atoms with Crippen molar-refractivity contribution in [3.05, 3.63) is 65.0 Å². The zero-order valence-electron chi connectivity index (χ0n) is 15.2. The van der Waals surface area contributed by atoms with Crippen LogP contribution in [0.2, 0.25) is 0 Å². The molecular weight excluding hydrogens is 383 g/mol. The van der Waals surface area contributed by atoms with Gasteiger partial charge < -0.3 is 4.90 Å². The summed E-state index contributed by atoms with van der Waals surface area (Å²) in [5.74, 6) is 0.421. The van der Waals surface area contributed by atoms with Crippen molar-refractivity contribution < 1.29 is 12.8 Å². The highest BCUT2D eigenvalue weighted by Crippen LogP contribution is 2.37. The topological polar surface area (TPSA) is 49.7 Å². The summed E-state index contributed by atoms with van der Waals surface area (Å²) in [5.41, 5.74) is 3.79. The van der Waals surface area contributed by atoms with Crippen LogP contribution in [0.1, 0.15) is 16.7 Å². The van der Waals surface area contributed by atoms with Crippen LogP contribution >= 0.6 is 11.8 Å². The number of hydrogen-bond donors (Lipinski definition) is 0. The Morgan fingerprint density at radius 2 is 1.96 bits per heavy atom. The normalized spacial score (nSPS) is 23.4. The van der Waals surface area contributed by atoms with Crippen LogP contribution in [-0.4, -0.2) is 37.2 Å². The molecule has 1 fully saturated rings. The summed E-state index contributed by atoms with van der Waals surface area (Å²) in [6, 6.07) is 12.4. The molecule has 0 radical (unpaired) electrons. The first-order valence-corrected chi connectivity index (χ1v) is 11.7. The molecule has 0 aliphatic carbocycles. The summed E-state index contributed by atoms with van der Waals surface area (Å²) >= 11 is 1.47. The van der Waals surface area contributed by atoms with Gasteiger partial charge >= 0.3 is 0 Å². The Labute approximate surface area is 163 Å². The van der Waals surface area contributed by atoms with Gasteiger partial charge in [-0.2, -0.15) is 0 Å². The second-order valence-corrected chi connectivity index (χ2v) is 10.3. The first kappa shape index (κ1) is 18.5. The number of fused-ring (bicyclic) bond motifs is 1. The minimum absolute atomic E-state index is 0.0861. The van der Waals surface area contributed by atoms with E-state index in [1.165, 1.54) is 17.8 Å². The van der Waals surface area contributed by atoms with Crippen LogP contribution in [0.5, 0.6) is 0 Å². The molecule has 2 aromatic rings. The number of benzene rings is 2. The van der Waals surface area contributed by atoms with E-state index in [1.54, 1.807) is 12.1 Å². The monoisotopic (exact) mass is 404 g/mol. The molecule has 4 rings (SSSR count). The maximum atomic E-state index is 14.0. The highest BCUT2D eigenvalue weighted by atomic mass is 32.2. The summed E-state index contributed by atoms with van der Waals surface area (Å²) < 4.78 is 38.3. The third-order valence-electron chi connectivity index (χ3n) is 5.05. The summed E-state index contributed by atoms with van der Waals surface area (Å²) in [6.07, 6.45) is 0. The Bertz CT molecular complexity index is 1020. The number of nitrogens with zero attached hydrogens (tertiary/aromatic N) is 2. The van der Waals surface area contributed by atoms with Gasteiger partial charge in [0.1, 0.15) is 5.82 Å². The van der Waals surface area contributed by atoms with Crippen molar-refractivity contribution in [1.29, 1.82) is 0 Å². The second kappa shape index (κ2) is 6.95. The minimum atomic E-state index is -3.08. The number of sulfone groups is 1. The van der Waals surface area contributed by atoms with E-state index >= 15 is 0 Å². The van der Waals surface area contributed by atoms with Gasteiger partial charge in [0.25, 0.3) is 0 Å². The van der Waals surface area contributed by atoms with Gasteiger partial charge in [-0.3, -0.25) is 4.99 Å². The predicted molar refractivity (Wildman–Crippen MR) is 110 cm³/mol. The van der Waals surface area contributed by atoms with Gasteiger partial charge in [-0.15, -0.1) is 0 Å². The van der Waals surface area contributed by atoms with Crippen molar-refractivity contribution in [2.45, 2.75) is 31.7 Å².